The Kier molecular flexibility index (Phi) is 3.98. The second kappa shape index (κ2) is 5.95. The van der Waals surface area contributed by atoms with Crippen molar-refractivity contribution in [1.29, 1.82) is 0 Å². The van der Waals surface area contributed by atoms with Gasteiger partial charge in [-0.15, -0.1) is 0 Å². The average molecular weight is 321 g/mol. The number of rotatable bonds is 4. The van der Waals surface area contributed by atoms with Crippen molar-refractivity contribution in [2.45, 2.75) is 12.3 Å². The molecule has 120 valence electrons. The maximum atomic E-state index is 13.6. The van der Waals surface area contributed by atoms with Gasteiger partial charge in [0.25, 0.3) is 0 Å². The Labute approximate surface area is 131 Å². The fraction of sp³-hybridized carbons (Fsp3) is 0.235. The summed E-state index contributed by atoms with van der Waals surface area (Å²) in [6.45, 7) is 0. The average Bonchev–Trinajstić information content (AvgIpc) is 3.36. The van der Waals surface area contributed by atoms with Crippen LogP contribution in [-0.2, 0) is 4.79 Å². The second-order valence-corrected chi connectivity index (χ2v) is 5.43. The van der Waals surface area contributed by atoms with Crippen molar-refractivity contribution in [3.63, 3.8) is 0 Å². The van der Waals surface area contributed by atoms with Crippen molar-refractivity contribution in [3.8, 4) is 5.75 Å². The van der Waals surface area contributed by atoms with E-state index < -0.39 is 23.4 Å². The molecule has 1 N–H and O–H groups in total. The van der Waals surface area contributed by atoms with Crippen LogP contribution >= 0.6 is 0 Å². The van der Waals surface area contributed by atoms with Gasteiger partial charge in [-0.1, -0.05) is 12.1 Å². The zero-order chi connectivity index (χ0) is 16.6. The number of methoxy groups -OCH3 is 1. The van der Waals surface area contributed by atoms with Crippen LogP contribution < -0.4 is 10.1 Å². The van der Waals surface area contributed by atoms with E-state index in [-0.39, 0.29) is 17.5 Å². The van der Waals surface area contributed by atoms with Gasteiger partial charge in [0, 0.05) is 5.92 Å². The Hall–Kier alpha value is -2.50. The van der Waals surface area contributed by atoms with E-state index in [1.54, 1.807) is 19.2 Å². The SMILES string of the molecule is COc1ccc(C2CC2C(=O)Nc2ccc(F)c(F)c2F)cc1. The molecule has 0 bridgehead atoms. The maximum Gasteiger partial charge on any atom is 0.228 e. The van der Waals surface area contributed by atoms with E-state index in [0.29, 0.717) is 6.42 Å². The molecule has 2 aromatic carbocycles. The number of benzene rings is 2. The Morgan fingerprint density at radius 2 is 1.78 bits per heavy atom. The number of hydrogen-bond acceptors (Lipinski definition) is 2. The lowest BCUT2D eigenvalue weighted by molar-refractivity contribution is -0.117. The number of amides is 1. The van der Waals surface area contributed by atoms with Gasteiger partial charge in [0.05, 0.1) is 12.8 Å². The lowest BCUT2D eigenvalue weighted by Crippen LogP contribution is -2.16. The van der Waals surface area contributed by atoms with Gasteiger partial charge in [-0.25, -0.2) is 13.2 Å². The van der Waals surface area contributed by atoms with Crippen LogP contribution in [0, 0.1) is 23.4 Å². The predicted octanol–water partition coefficient (Wildman–Crippen LogP) is 3.85. The predicted molar refractivity (Wildman–Crippen MR) is 78.8 cm³/mol. The molecular weight excluding hydrogens is 307 g/mol. The van der Waals surface area contributed by atoms with Gasteiger partial charge in [-0.05, 0) is 42.2 Å². The van der Waals surface area contributed by atoms with Gasteiger partial charge in [0.2, 0.25) is 5.91 Å². The highest BCUT2D eigenvalue weighted by Gasteiger charge is 2.44. The quantitative estimate of drug-likeness (QED) is 0.869. The third-order valence-corrected chi connectivity index (χ3v) is 3.96. The minimum absolute atomic E-state index is 0.0364. The van der Waals surface area contributed by atoms with E-state index in [2.05, 4.69) is 5.32 Å². The largest absolute Gasteiger partial charge is 0.497 e. The first-order valence-electron chi connectivity index (χ1n) is 7.09. The minimum atomic E-state index is -1.59. The Morgan fingerprint density at radius 3 is 2.43 bits per heavy atom. The number of anilines is 1. The number of carbonyl (C=O) groups excluding carboxylic acids is 1. The highest BCUT2D eigenvalue weighted by molar-refractivity contribution is 5.95. The van der Waals surface area contributed by atoms with E-state index >= 15 is 0 Å². The van der Waals surface area contributed by atoms with Gasteiger partial charge in [0.1, 0.15) is 5.75 Å². The summed E-state index contributed by atoms with van der Waals surface area (Å²) < 4.78 is 44.7. The van der Waals surface area contributed by atoms with Crippen LogP contribution in [0.15, 0.2) is 36.4 Å². The molecule has 0 radical (unpaired) electrons. The topological polar surface area (TPSA) is 38.3 Å². The molecular formula is C17H14F3NO2. The summed E-state index contributed by atoms with van der Waals surface area (Å²) in [5, 5.41) is 2.32. The molecule has 23 heavy (non-hydrogen) atoms. The fourth-order valence-corrected chi connectivity index (χ4v) is 2.55. The van der Waals surface area contributed by atoms with Crippen molar-refractivity contribution in [2.75, 3.05) is 12.4 Å². The Balaban J connectivity index is 1.67. The molecule has 0 spiro atoms. The van der Waals surface area contributed by atoms with E-state index in [1.807, 2.05) is 12.1 Å². The lowest BCUT2D eigenvalue weighted by Gasteiger charge is -2.07. The zero-order valence-corrected chi connectivity index (χ0v) is 12.3. The van der Waals surface area contributed by atoms with Crippen LogP contribution in [0.2, 0.25) is 0 Å². The number of halogens is 3. The van der Waals surface area contributed by atoms with Crippen molar-refractivity contribution in [3.05, 3.63) is 59.4 Å². The second-order valence-electron chi connectivity index (χ2n) is 5.43. The molecule has 0 aromatic heterocycles. The summed E-state index contributed by atoms with van der Waals surface area (Å²) in [6, 6.07) is 9.14. The zero-order valence-electron chi connectivity index (χ0n) is 12.3. The molecule has 6 heteroatoms. The number of ether oxygens (including phenoxy) is 1. The molecule has 2 atom stereocenters. The van der Waals surface area contributed by atoms with E-state index in [0.717, 1.165) is 23.4 Å². The minimum Gasteiger partial charge on any atom is -0.497 e. The molecule has 3 rings (SSSR count). The number of carbonyl (C=O) groups is 1. The van der Waals surface area contributed by atoms with Gasteiger partial charge in [0.15, 0.2) is 17.5 Å². The first kappa shape index (κ1) is 15.4. The van der Waals surface area contributed by atoms with Crippen LogP contribution in [0.25, 0.3) is 0 Å². The Bertz CT molecular complexity index is 746. The van der Waals surface area contributed by atoms with Crippen LogP contribution in [0.4, 0.5) is 18.9 Å². The molecule has 1 aliphatic rings. The molecule has 0 heterocycles. The summed E-state index contributed by atoms with van der Waals surface area (Å²) in [5.74, 6) is -4.23. The first-order valence-corrected chi connectivity index (χ1v) is 7.09. The van der Waals surface area contributed by atoms with Crippen LogP contribution in [0.1, 0.15) is 17.9 Å². The molecule has 1 saturated carbocycles. The van der Waals surface area contributed by atoms with Gasteiger partial charge >= 0.3 is 0 Å². The molecule has 0 saturated heterocycles. The molecule has 1 aliphatic carbocycles. The van der Waals surface area contributed by atoms with E-state index in [1.165, 1.54) is 0 Å². The number of nitrogens with one attached hydrogen (secondary N) is 1. The standard InChI is InChI=1S/C17H14F3NO2/c1-23-10-4-2-9(3-5-10)11-8-12(11)17(22)21-14-7-6-13(18)15(19)16(14)20/h2-7,11-12H,8H2,1H3,(H,21,22). The van der Waals surface area contributed by atoms with Crippen LogP contribution in [0.5, 0.6) is 5.75 Å². The first-order chi connectivity index (χ1) is 11.0. The van der Waals surface area contributed by atoms with E-state index in [9.17, 15) is 18.0 Å². The lowest BCUT2D eigenvalue weighted by atomic mass is 10.1. The van der Waals surface area contributed by atoms with Crippen molar-refractivity contribution in [2.24, 2.45) is 5.92 Å². The monoisotopic (exact) mass is 321 g/mol. The molecule has 2 aromatic rings. The van der Waals surface area contributed by atoms with Gasteiger partial charge in [-0.3, -0.25) is 4.79 Å². The van der Waals surface area contributed by atoms with Crippen molar-refractivity contribution >= 4 is 11.6 Å². The van der Waals surface area contributed by atoms with Crippen molar-refractivity contribution in [1.82, 2.24) is 0 Å². The molecule has 0 aliphatic heterocycles. The summed E-state index contributed by atoms with van der Waals surface area (Å²) in [5.41, 5.74) is 0.631. The highest BCUT2D eigenvalue weighted by Crippen LogP contribution is 2.48. The third-order valence-electron chi connectivity index (χ3n) is 3.96. The summed E-state index contributed by atoms with van der Waals surface area (Å²) >= 11 is 0. The smallest absolute Gasteiger partial charge is 0.228 e. The Morgan fingerprint density at radius 1 is 1.09 bits per heavy atom. The summed E-state index contributed by atoms with van der Waals surface area (Å²) in [6.07, 6.45) is 0.628. The molecule has 3 nitrogen and oxygen atoms in total. The molecule has 1 amide bonds. The van der Waals surface area contributed by atoms with Crippen LogP contribution in [0.3, 0.4) is 0 Å². The van der Waals surface area contributed by atoms with E-state index in [4.69, 9.17) is 4.74 Å². The van der Waals surface area contributed by atoms with Gasteiger partial charge < -0.3 is 10.1 Å². The normalized spacial score (nSPS) is 19.3. The molecule has 2 unspecified atom stereocenters. The fourth-order valence-electron chi connectivity index (χ4n) is 2.55. The third kappa shape index (κ3) is 3.02. The van der Waals surface area contributed by atoms with Gasteiger partial charge in [-0.2, -0.15) is 0 Å². The summed E-state index contributed by atoms with van der Waals surface area (Å²) in [7, 11) is 1.57. The maximum absolute atomic E-state index is 13.6. The number of hydrogen-bond donors (Lipinski definition) is 1. The molecule has 1 fully saturated rings. The highest BCUT2D eigenvalue weighted by atomic mass is 19.2. The van der Waals surface area contributed by atoms with Crippen molar-refractivity contribution < 1.29 is 22.7 Å². The summed E-state index contributed by atoms with van der Waals surface area (Å²) in [4.78, 5) is 12.1. The van der Waals surface area contributed by atoms with Crippen LogP contribution in [-0.4, -0.2) is 13.0 Å².